The van der Waals surface area contributed by atoms with Crippen molar-refractivity contribution in [1.82, 2.24) is 0 Å². The third-order valence-corrected chi connectivity index (χ3v) is 16.1. The summed E-state index contributed by atoms with van der Waals surface area (Å²) in [6.45, 7) is 54.8. The van der Waals surface area contributed by atoms with Gasteiger partial charge in [0.1, 0.15) is 0 Å². The van der Waals surface area contributed by atoms with E-state index < -0.39 is 0 Å². The van der Waals surface area contributed by atoms with Crippen LogP contribution in [-0.2, 0) is 77.0 Å². The van der Waals surface area contributed by atoms with Gasteiger partial charge in [0.15, 0.2) is 0 Å². The second-order valence-electron chi connectivity index (χ2n) is 32.0. The third kappa shape index (κ3) is 45.6. The molecule has 6 aromatic carbocycles. The zero-order valence-corrected chi connectivity index (χ0v) is 63.5. The number of aryl methyl sites for hydroxylation is 6. The monoisotopic (exact) mass is 1230 g/mol. The second kappa shape index (κ2) is 49.0. The molecule has 0 N–H and O–H groups in total. The minimum atomic E-state index is 0.753. The summed E-state index contributed by atoms with van der Waals surface area (Å²) in [5.74, 6) is 9.35. The van der Waals surface area contributed by atoms with Crippen molar-refractivity contribution in [3.63, 3.8) is 0 Å². The van der Waals surface area contributed by atoms with Gasteiger partial charge in [-0.1, -0.05) is 312 Å². The van der Waals surface area contributed by atoms with Crippen LogP contribution >= 0.6 is 0 Å². The van der Waals surface area contributed by atoms with Crippen LogP contribution in [0, 0.1) is 71.0 Å². The Morgan fingerprint density at radius 1 is 0.167 bits per heavy atom. The van der Waals surface area contributed by atoms with E-state index in [2.05, 4.69) is 312 Å². The molecule has 0 nitrogen and oxygen atoms in total. The summed E-state index contributed by atoms with van der Waals surface area (Å²) >= 11 is 0. The molecule has 0 aliphatic heterocycles. The smallest absolute Gasteiger partial charge is 0.0253 e. The molecule has 0 aliphatic carbocycles. The molecule has 0 spiro atoms. The predicted molar refractivity (Wildman–Crippen MR) is 409 cm³/mol. The van der Waals surface area contributed by atoms with Crippen LogP contribution in [-0.4, -0.2) is 0 Å². The van der Waals surface area contributed by atoms with Gasteiger partial charge in [0, 0.05) is 0 Å². The van der Waals surface area contributed by atoms with Gasteiger partial charge in [0.25, 0.3) is 0 Å². The fraction of sp³-hybridized carbons (Fsp3) is 0.600. The molecule has 0 heterocycles. The average molecular weight is 1230 g/mol. The highest BCUT2D eigenvalue weighted by molar-refractivity contribution is 5.30. The maximum atomic E-state index is 2.39. The normalized spacial score (nSPS) is 11.3. The molecule has 0 aromatic heterocycles. The van der Waals surface area contributed by atoms with Crippen molar-refractivity contribution < 1.29 is 0 Å². The third-order valence-electron chi connectivity index (χ3n) is 16.1. The van der Waals surface area contributed by atoms with Crippen LogP contribution in [0.4, 0.5) is 0 Å². The molecule has 0 unspecified atom stereocenters. The maximum Gasteiger partial charge on any atom is -0.0253 e. The summed E-state index contributed by atoms with van der Waals surface area (Å²) in [4.78, 5) is 0. The van der Waals surface area contributed by atoms with Crippen LogP contribution in [0.5, 0.6) is 0 Å². The van der Waals surface area contributed by atoms with E-state index in [1.54, 1.807) is 11.1 Å². The Kier molecular flexibility index (Phi) is 45.4. The van der Waals surface area contributed by atoms with Crippen LogP contribution in [0.25, 0.3) is 0 Å². The Bertz CT molecular complexity index is 2450. The Labute approximate surface area is 561 Å². The summed E-state index contributed by atoms with van der Waals surface area (Å²) in [6, 6.07) is 54.3. The molecule has 6 aromatic rings. The molecule has 0 amide bonds. The van der Waals surface area contributed by atoms with Crippen molar-refractivity contribution in [3.05, 3.63) is 212 Å². The van der Waals surface area contributed by atoms with Crippen molar-refractivity contribution in [2.75, 3.05) is 0 Å². The molecule has 0 aliphatic rings. The number of hydrogen-bond acceptors (Lipinski definition) is 0. The van der Waals surface area contributed by atoms with Crippen molar-refractivity contribution in [2.24, 2.45) is 71.0 Å². The van der Waals surface area contributed by atoms with Gasteiger partial charge in [-0.2, -0.15) is 0 Å². The van der Waals surface area contributed by atoms with E-state index in [1.165, 1.54) is 171 Å². The number of rotatable bonds is 30. The van der Waals surface area contributed by atoms with Crippen LogP contribution < -0.4 is 0 Å². The van der Waals surface area contributed by atoms with E-state index in [4.69, 9.17) is 0 Å². The predicted octanol–water partition coefficient (Wildman–Crippen LogP) is 26.8. The molecule has 0 radical (unpaired) electrons. The summed E-state index contributed by atoms with van der Waals surface area (Å²) in [7, 11) is 0. The van der Waals surface area contributed by atoms with Crippen LogP contribution in [0.1, 0.15) is 271 Å². The van der Waals surface area contributed by atoms with E-state index in [9.17, 15) is 0 Å². The van der Waals surface area contributed by atoms with E-state index in [0.29, 0.717) is 0 Å². The fourth-order valence-electron chi connectivity index (χ4n) is 11.0. The van der Waals surface area contributed by atoms with Gasteiger partial charge in [-0.15, -0.1) is 0 Å². The Morgan fingerprint density at radius 3 is 0.644 bits per heavy atom. The van der Waals surface area contributed by atoms with Crippen molar-refractivity contribution in [3.8, 4) is 0 Å². The lowest BCUT2D eigenvalue weighted by atomic mass is 9.93. The Morgan fingerprint density at radius 2 is 0.378 bits per heavy atom. The van der Waals surface area contributed by atoms with Crippen molar-refractivity contribution in [2.45, 2.75) is 282 Å². The topological polar surface area (TPSA) is 0 Å². The SMILES string of the molecule is CC(C)CCc1ccc(CCC(C)C)cc1.CC(C)CCc1cccc(CCC(C)C)c1.CC(C)CCc1ccccc1CCC(C)C.CC(C)Cc1ccc(CC(C)C)cc1.CC(C)Cc1cccc(CC(C)C)c1.CC(C)Cc1ccccc1CC(C)C. The molecule has 0 fully saturated rings. The van der Waals surface area contributed by atoms with Crippen molar-refractivity contribution in [1.29, 1.82) is 0 Å². The van der Waals surface area contributed by atoms with Gasteiger partial charge >= 0.3 is 0 Å². The van der Waals surface area contributed by atoms with Crippen LogP contribution in [0.15, 0.2) is 146 Å². The van der Waals surface area contributed by atoms with Gasteiger partial charge in [-0.25, -0.2) is 0 Å². The van der Waals surface area contributed by atoms with Crippen molar-refractivity contribution >= 4 is 0 Å². The molecule has 6 rings (SSSR count). The molecular formula is C90H144. The van der Waals surface area contributed by atoms with Crippen LogP contribution in [0.3, 0.4) is 0 Å². The lowest BCUT2D eigenvalue weighted by Crippen LogP contribution is -2.02. The summed E-state index contributed by atoms with van der Waals surface area (Å²) in [5.41, 5.74) is 18.1. The first kappa shape index (κ1) is 83.3. The second-order valence-corrected chi connectivity index (χ2v) is 32.0. The molecule has 0 saturated heterocycles. The highest BCUT2D eigenvalue weighted by Crippen LogP contribution is 2.21. The van der Waals surface area contributed by atoms with E-state index in [0.717, 1.165) is 71.0 Å². The quantitative estimate of drug-likeness (QED) is 0.0422. The summed E-state index contributed by atoms with van der Waals surface area (Å²) in [6.07, 6.45) is 22.4. The molecule has 0 saturated carbocycles. The van der Waals surface area contributed by atoms with E-state index in [1.807, 2.05) is 0 Å². The zero-order chi connectivity index (χ0) is 67.6. The minimum absolute atomic E-state index is 0.753. The highest BCUT2D eigenvalue weighted by Gasteiger charge is 2.09. The first-order valence-electron chi connectivity index (χ1n) is 36.9. The highest BCUT2D eigenvalue weighted by atomic mass is 14.1. The van der Waals surface area contributed by atoms with Gasteiger partial charge in [-0.3, -0.25) is 0 Å². The minimum Gasteiger partial charge on any atom is -0.0628 e. The van der Waals surface area contributed by atoms with Crippen LogP contribution in [0.2, 0.25) is 0 Å². The first-order chi connectivity index (χ1) is 42.5. The lowest BCUT2D eigenvalue weighted by Gasteiger charge is -2.13. The standard InChI is InChI=1S/3C16H26.3C14H22/c1-13(2)5-7-15-9-11-16(12-10-15)8-6-14(3)4;1-13(2)8-10-15-6-5-7-16(12-15)11-9-14(3)4;1-13(2)9-11-15-7-5-6-8-16(15)12-10-14(3)4;1-11(2)9-13-5-7-14(8-6-13)10-12(3)4;1-11(2)8-13-6-5-7-14(10-13)9-12(3)4;1-11(2)9-13-7-5-6-8-14(13)10-12(3)4/h9-14H,5-8H2,1-4H3;5-7,12-14H,8-11H2,1-4H3;5-8,13-14H,9-12H2,1-4H3;5-8,11-12H,9-10H2,1-4H3;5-7,10-12H,8-9H2,1-4H3;5-8,11-12H,9-10H2,1-4H3. The number of benzene rings is 6. The van der Waals surface area contributed by atoms with Gasteiger partial charge in [0.2, 0.25) is 0 Å². The molecule has 504 valence electrons. The summed E-state index contributed by atoms with van der Waals surface area (Å²) < 4.78 is 0. The first-order valence-corrected chi connectivity index (χ1v) is 36.9. The van der Waals surface area contributed by atoms with Gasteiger partial charge in [0.05, 0.1) is 0 Å². The molecule has 90 heavy (non-hydrogen) atoms. The molecule has 0 heteroatoms. The average Bonchev–Trinajstić information content (AvgIpc) is 3.67. The van der Waals surface area contributed by atoms with Gasteiger partial charge < -0.3 is 0 Å². The molecule has 0 bridgehead atoms. The van der Waals surface area contributed by atoms with E-state index in [-0.39, 0.29) is 0 Å². The Balaban J connectivity index is 0.000000541. The largest absolute Gasteiger partial charge is 0.0628 e. The lowest BCUT2D eigenvalue weighted by molar-refractivity contribution is 0.571. The number of hydrogen-bond donors (Lipinski definition) is 0. The zero-order valence-electron chi connectivity index (χ0n) is 63.5. The molecule has 0 atom stereocenters. The van der Waals surface area contributed by atoms with E-state index >= 15 is 0 Å². The fourth-order valence-corrected chi connectivity index (χ4v) is 11.0. The van der Waals surface area contributed by atoms with Gasteiger partial charge in [-0.05, 0) is 253 Å². The Hall–Kier alpha value is -4.68. The maximum absolute atomic E-state index is 2.39. The summed E-state index contributed by atoms with van der Waals surface area (Å²) in [5, 5.41) is 0. The molecular weight excluding hydrogens is 1080 g/mol.